The predicted octanol–water partition coefficient (Wildman–Crippen LogP) is 4.80. The Morgan fingerprint density at radius 1 is 1.11 bits per heavy atom. The second-order valence-electron chi connectivity index (χ2n) is 6.08. The molecule has 1 saturated heterocycles. The standard InChI is InChI=1S/C18H24Si/c1-2-9-16-10-8-13-18(16)19(14-6-7-15-19)17-11-4-3-5-12-17/h3-5,8,10-13,18H,2,6-7,9,14-15H2,1H3. The Bertz CT molecular complexity index is 478. The van der Waals surface area contributed by atoms with E-state index in [-0.39, 0.29) is 0 Å². The normalized spacial score (nSPS) is 24.7. The van der Waals surface area contributed by atoms with E-state index in [1.165, 1.54) is 37.8 Å². The maximum atomic E-state index is 2.52. The molecule has 2 aliphatic rings. The summed E-state index contributed by atoms with van der Waals surface area (Å²) in [5, 5.41) is 1.70. The minimum atomic E-state index is -1.33. The molecule has 1 atom stereocenters. The Kier molecular flexibility index (Phi) is 3.74. The van der Waals surface area contributed by atoms with Crippen molar-refractivity contribution in [2.45, 2.75) is 50.2 Å². The monoisotopic (exact) mass is 268 g/mol. The lowest BCUT2D eigenvalue weighted by molar-refractivity contribution is 0.875. The van der Waals surface area contributed by atoms with Crippen LogP contribution >= 0.6 is 0 Å². The summed E-state index contributed by atoms with van der Waals surface area (Å²) in [6, 6.07) is 14.4. The van der Waals surface area contributed by atoms with Crippen LogP contribution in [0.3, 0.4) is 0 Å². The zero-order chi connectivity index (χ0) is 13.1. The number of rotatable bonds is 4. The highest BCUT2D eigenvalue weighted by Crippen LogP contribution is 2.46. The second-order valence-corrected chi connectivity index (χ2v) is 10.6. The summed E-state index contributed by atoms with van der Waals surface area (Å²) >= 11 is 0. The maximum Gasteiger partial charge on any atom is 0.0974 e. The van der Waals surface area contributed by atoms with Gasteiger partial charge in [-0.15, -0.1) is 0 Å². The largest absolute Gasteiger partial charge is 0.0974 e. The lowest BCUT2D eigenvalue weighted by Gasteiger charge is -2.35. The van der Waals surface area contributed by atoms with Crippen molar-refractivity contribution in [1.29, 1.82) is 0 Å². The molecule has 3 rings (SSSR count). The minimum Gasteiger partial charge on any atom is -0.0797 e. The topological polar surface area (TPSA) is 0 Å². The number of hydrogen-bond donors (Lipinski definition) is 0. The summed E-state index contributed by atoms with van der Waals surface area (Å²) in [6.45, 7) is 2.31. The van der Waals surface area contributed by atoms with Gasteiger partial charge in [-0.2, -0.15) is 0 Å². The lowest BCUT2D eigenvalue weighted by atomic mass is 10.1. The number of hydrogen-bond acceptors (Lipinski definition) is 0. The van der Waals surface area contributed by atoms with E-state index in [9.17, 15) is 0 Å². The SMILES string of the molecule is CCCC1=CC=CC1[Si]1(c2ccccc2)CCCC1. The zero-order valence-corrected chi connectivity index (χ0v) is 12.9. The molecule has 0 nitrogen and oxygen atoms in total. The third-order valence-electron chi connectivity index (χ3n) is 4.99. The average molecular weight is 268 g/mol. The molecule has 0 saturated carbocycles. The Morgan fingerprint density at radius 3 is 2.53 bits per heavy atom. The molecule has 1 aliphatic heterocycles. The average Bonchev–Trinajstić information content (AvgIpc) is 3.09. The van der Waals surface area contributed by atoms with Gasteiger partial charge >= 0.3 is 0 Å². The summed E-state index contributed by atoms with van der Waals surface area (Å²) in [4.78, 5) is 0. The van der Waals surface area contributed by atoms with Crippen molar-refractivity contribution in [3.05, 3.63) is 54.1 Å². The fraction of sp³-hybridized carbons (Fsp3) is 0.444. The van der Waals surface area contributed by atoms with Crippen LogP contribution in [-0.2, 0) is 0 Å². The van der Waals surface area contributed by atoms with Gasteiger partial charge in [0, 0.05) is 0 Å². The Labute approximate surface area is 118 Å². The molecule has 1 unspecified atom stereocenters. The number of benzene rings is 1. The summed E-state index contributed by atoms with van der Waals surface area (Å²) < 4.78 is 0. The molecule has 0 spiro atoms. The molecular weight excluding hydrogens is 244 g/mol. The molecule has 0 N–H and O–H groups in total. The molecule has 100 valence electrons. The van der Waals surface area contributed by atoms with Gasteiger partial charge in [0.1, 0.15) is 0 Å². The van der Waals surface area contributed by atoms with Crippen LogP contribution in [0.15, 0.2) is 54.1 Å². The van der Waals surface area contributed by atoms with Gasteiger partial charge in [0.05, 0.1) is 8.07 Å². The predicted molar refractivity (Wildman–Crippen MR) is 86.6 cm³/mol. The fourth-order valence-electron chi connectivity index (χ4n) is 4.14. The third-order valence-corrected chi connectivity index (χ3v) is 10.7. The molecule has 1 heterocycles. The van der Waals surface area contributed by atoms with Crippen LogP contribution in [0.1, 0.15) is 32.6 Å². The smallest absolute Gasteiger partial charge is 0.0797 e. The van der Waals surface area contributed by atoms with E-state index in [0.29, 0.717) is 0 Å². The van der Waals surface area contributed by atoms with Crippen LogP contribution in [0.5, 0.6) is 0 Å². The first-order valence-electron chi connectivity index (χ1n) is 7.79. The van der Waals surface area contributed by atoms with E-state index in [2.05, 4.69) is 55.5 Å². The van der Waals surface area contributed by atoms with Crippen LogP contribution in [0.2, 0.25) is 17.6 Å². The highest BCUT2D eigenvalue weighted by atomic mass is 28.3. The van der Waals surface area contributed by atoms with Gasteiger partial charge in [-0.1, -0.05) is 97.6 Å². The summed E-state index contributed by atoms with van der Waals surface area (Å²) in [6.07, 6.45) is 12.7. The van der Waals surface area contributed by atoms with Crippen LogP contribution in [0, 0.1) is 0 Å². The fourth-order valence-corrected chi connectivity index (χ4v) is 10.00. The maximum absolute atomic E-state index is 2.52. The van der Waals surface area contributed by atoms with Crippen molar-refractivity contribution in [2.24, 2.45) is 0 Å². The Balaban J connectivity index is 1.98. The van der Waals surface area contributed by atoms with Crippen molar-refractivity contribution < 1.29 is 0 Å². The first-order valence-corrected chi connectivity index (χ1v) is 10.3. The van der Waals surface area contributed by atoms with Crippen molar-refractivity contribution in [1.82, 2.24) is 0 Å². The minimum absolute atomic E-state index is 0.789. The van der Waals surface area contributed by atoms with Gasteiger partial charge in [-0.25, -0.2) is 0 Å². The zero-order valence-electron chi connectivity index (χ0n) is 11.9. The van der Waals surface area contributed by atoms with Gasteiger partial charge in [0.25, 0.3) is 0 Å². The summed E-state index contributed by atoms with van der Waals surface area (Å²) in [5.74, 6) is 0. The summed E-state index contributed by atoms with van der Waals surface area (Å²) in [7, 11) is -1.33. The number of allylic oxidation sites excluding steroid dienone is 4. The molecule has 19 heavy (non-hydrogen) atoms. The highest BCUT2D eigenvalue weighted by molar-refractivity contribution is 6.94. The van der Waals surface area contributed by atoms with E-state index < -0.39 is 8.07 Å². The van der Waals surface area contributed by atoms with E-state index in [4.69, 9.17) is 0 Å². The Hall–Kier alpha value is -1.08. The molecule has 0 amide bonds. The molecule has 1 fully saturated rings. The second kappa shape index (κ2) is 5.50. The lowest BCUT2D eigenvalue weighted by Crippen LogP contribution is -2.49. The van der Waals surface area contributed by atoms with Gasteiger partial charge < -0.3 is 0 Å². The molecule has 0 bridgehead atoms. The molecular formula is C18H24Si. The molecule has 0 radical (unpaired) electrons. The first kappa shape index (κ1) is 12.9. The van der Waals surface area contributed by atoms with Gasteiger partial charge in [0.15, 0.2) is 0 Å². The van der Waals surface area contributed by atoms with E-state index in [1.807, 2.05) is 0 Å². The van der Waals surface area contributed by atoms with E-state index >= 15 is 0 Å². The molecule has 1 aromatic carbocycles. The highest BCUT2D eigenvalue weighted by Gasteiger charge is 2.45. The van der Waals surface area contributed by atoms with E-state index in [0.717, 1.165) is 5.54 Å². The van der Waals surface area contributed by atoms with Crippen LogP contribution in [-0.4, -0.2) is 8.07 Å². The third kappa shape index (κ3) is 2.25. The molecule has 1 aromatic rings. The van der Waals surface area contributed by atoms with E-state index in [1.54, 1.807) is 10.8 Å². The quantitative estimate of drug-likeness (QED) is 0.688. The van der Waals surface area contributed by atoms with Gasteiger partial charge in [-0.05, 0) is 12.0 Å². The van der Waals surface area contributed by atoms with Crippen molar-refractivity contribution in [2.75, 3.05) is 0 Å². The van der Waals surface area contributed by atoms with Crippen molar-refractivity contribution in [3.8, 4) is 0 Å². The van der Waals surface area contributed by atoms with Gasteiger partial charge in [-0.3, -0.25) is 0 Å². The molecule has 1 aliphatic carbocycles. The van der Waals surface area contributed by atoms with Crippen LogP contribution in [0.4, 0.5) is 0 Å². The first-order chi connectivity index (χ1) is 9.37. The van der Waals surface area contributed by atoms with Crippen molar-refractivity contribution >= 4 is 13.3 Å². The molecule has 1 heteroatoms. The summed E-state index contributed by atoms with van der Waals surface area (Å²) in [5.41, 5.74) is 2.51. The van der Waals surface area contributed by atoms with Crippen molar-refractivity contribution in [3.63, 3.8) is 0 Å². The molecule has 0 aromatic heterocycles. The van der Waals surface area contributed by atoms with Gasteiger partial charge in [0.2, 0.25) is 0 Å². The Morgan fingerprint density at radius 2 is 1.84 bits per heavy atom. The van der Waals surface area contributed by atoms with Crippen LogP contribution in [0.25, 0.3) is 0 Å². The van der Waals surface area contributed by atoms with Crippen LogP contribution < -0.4 is 5.19 Å².